The highest BCUT2D eigenvalue weighted by atomic mass is 35.5. The highest BCUT2D eigenvalue weighted by Crippen LogP contribution is 2.15. The van der Waals surface area contributed by atoms with Gasteiger partial charge in [-0.15, -0.1) is 0 Å². The molecule has 2 aromatic rings. The Bertz CT molecular complexity index is 648. The van der Waals surface area contributed by atoms with E-state index in [2.05, 4.69) is 4.98 Å². The molecular formula is C16H14ClNO2. The first-order valence-electron chi connectivity index (χ1n) is 6.16. The van der Waals surface area contributed by atoms with Crippen molar-refractivity contribution in [3.05, 3.63) is 63.9 Å². The fourth-order valence-electron chi connectivity index (χ4n) is 1.81. The topological polar surface area (TPSA) is 50.2 Å². The third-order valence-corrected chi connectivity index (χ3v) is 3.05. The SMILES string of the molecule is Cc1ccc(CC(=O)O)c(C=Cc2ccc(Cl)cc2)n1. The highest BCUT2D eigenvalue weighted by Gasteiger charge is 2.06. The summed E-state index contributed by atoms with van der Waals surface area (Å²) in [5, 5.41) is 9.59. The molecule has 3 nitrogen and oxygen atoms in total. The van der Waals surface area contributed by atoms with E-state index in [9.17, 15) is 4.79 Å². The van der Waals surface area contributed by atoms with E-state index in [0.29, 0.717) is 16.3 Å². The van der Waals surface area contributed by atoms with Crippen molar-refractivity contribution in [2.45, 2.75) is 13.3 Å². The van der Waals surface area contributed by atoms with Crippen LogP contribution in [-0.4, -0.2) is 16.1 Å². The third kappa shape index (κ3) is 3.93. The second kappa shape index (κ2) is 6.35. The van der Waals surface area contributed by atoms with Crippen LogP contribution in [0.5, 0.6) is 0 Å². The molecule has 1 aromatic heterocycles. The summed E-state index contributed by atoms with van der Waals surface area (Å²) in [6.07, 6.45) is 3.69. The van der Waals surface area contributed by atoms with Crippen LogP contribution < -0.4 is 0 Å². The van der Waals surface area contributed by atoms with Crippen LogP contribution in [0, 0.1) is 6.92 Å². The molecule has 102 valence electrons. The van der Waals surface area contributed by atoms with Crippen molar-refractivity contribution in [1.82, 2.24) is 4.98 Å². The first kappa shape index (κ1) is 14.3. The first-order valence-corrected chi connectivity index (χ1v) is 6.54. The number of aryl methyl sites for hydroxylation is 1. The Balaban J connectivity index is 2.29. The van der Waals surface area contributed by atoms with E-state index in [4.69, 9.17) is 16.7 Å². The molecule has 0 bridgehead atoms. The van der Waals surface area contributed by atoms with Gasteiger partial charge in [-0.2, -0.15) is 0 Å². The number of halogens is 1. The molecule has 0 amide bonds. The minimum absolute atomic E-state index is 0.0342. The maximum Gasteiger partial charge on any atom is 0.307 e. The van der Waals surface area contributed by atoms with E-state index in [1.165, 1.54) is 0 Å². The fraction of sp³-hybridized carbons (Fsp3) is 0.125. The van der Waals surface area contributed by atoms with Crippen LogP contribution in [0.25, 0.3) is 12.2 Å². The zero-order valence-electron chi connectivity index (χ0n) is 11.0. The number of benzene rings is 1. The molecule has 0 unspecified atom stereocenters. The molecule has 20 heavy (non-hydrogen) atoms. The van der Waals surface area contributed by atoms with Gasteiger partial charge in [0.15, 0.2) is 0 Å². The molecule has 1 aromatic carbocycles. The number of nitrogens with zero attached hydrogens (tertiary/aromatic N) is 1. The van der Waals surface area contributed by atoms with E-state index in [-0.39, 0.29) is 6.42 Å². The lowest BCUT2D eigenvalue weighted by Crippen LogP contribution is -2.03. The summed E-state index contributed by atoms with van der Waals surface area (Å²) >= 11 is 5.83. The fourth-order valence-corrected chi connectivity index (χ4v) is 1.94. The van der Waals surface area contributed by atoms with Gasteiger partial charge in [-0.05, 0) is 42.3 Å². The second-order valence-electron chi connectivity index (χ2n) is 4.45. The standard InChI is InChI=1S/C16H14ClNO2/c1-11-2-6-13(10-16(19)20)15(18-11)9-5-12-3-7-14(17)8-4-12/h2-9H,10H2,1H3,(H,19,20). The van der Waals surface area contributed by atoms with Crippen molar-refractivity contribution >= 4 is 29.7 Å². The van der Waals surface area contributed by atoms with Crippen molar-refractivity contribution in [1.29, 1.82) is 0 Å². The van der Waals surface area contributed by atoms with Gasteiger partial charge in [0.1, 0.15) is 0 Å². The van der Waals surface area contributed by atoms with Gasteiger partial charge in [-0.3, -0.25) is 9.78 Å². The second-order valence-corrected chi connectivity index (χ2v) is 4.89. The van der Waals surface area contributed by atoms with Crippen LogP contribution in [0.15, 0.2) is 36.4 Å². The normalized spacial score (nSPS) is 10.9. The molecule has 2 rings (SSSR count). The summed E-state index contributed by atoms with van der Waals surface area (Å²) in [5.74, 6) is -0.864. The molecule has 0 spiro atoms. The lowest BCUT2D eigenvalue weighted by molar-refractivity contribution is -0.136. The number of carbonyl (C=O) groups is 1. The average molecular weight is 288 g/mol. The molecule has 0 saturated heterocycles. The Hall–Kier alpha value is -2.13. The smallest absolute Gasteiger partial charge is 0.307 e. The zero-order valence-corrected chi connectivity index (χ0v) is 11.8. The minimum atomic E-state index is -0.864. The minimum Gasteiger partial charge on any atom is -0.481 e. The molecule has 0 aliphatic carbocycles. The van der Waals surface area contributed by atoms with Crippen molar-refractivity contribution in [3.8, 4) is 0 Å². The van der Waals surface area contributed by atoms with Crippen LogP contribution in [0.3, 0.4) is 0 Å². The number of carboxylic acids is 1. The molecule has 1 N–H and O–H groups in total. The maximum absolute atomic E-state index is 10.9. The van der Waals surface area contributed by atoms with E-state index < -0.39 is 5.97 Å². The highest BCUT2D eigenvalue weighted by molar-refractivity contribution is 6.30. The van der Waals surface area contributed by atoms with Crippen molar-refractivity contribution in [2.75, 3.05) is 0 Å². The van der Waals surface area contributed by atoms with Gasteiger partial charge in [-0.25, -0.2) is 0 Å². The largest absolute Gasteiger partial charge is 0.481 e. The van der Waals surface area contributed by atoms with Gasteiger partial charge in [0, 0.05) is 10.7 Å². The van der Waals surface area contributed by atoms with Crippen LogP contribution in [-0.2, 0) is 11.2 Å². The van der Waals surface area contributed by atoms with Crippen molar-refractivity contribution in [2.24, 2.45) is 0 Å². The lowest BCUT2D eigenvalue weighted by Gasteiger charge is -2.04. The van der Waals surface area contributed by atoms with Gasteiger partial charge in [0.05, 0.1) is 12.1 Å². The van der Waals surface area contributed by atoms with E-state index in [1.54, 1.807) is 6.07 Å². The third-order valence-electron chi connectivity index (χ3n) is 2.80. The van der Waals surface area contributed by atoms with Crippen LogP contribution >= 0.6 is 11.6 Å². The van der Waals surface area contributed by atoms with Gasteiger partial charge in [-0.1, -0.05) is 35.9 Å². The average Bonchev–Trinajstić information content (AvgIpc) is 2.40. The number of pyridine rings is 1. The summed E-state index contributed by atoms with van der Waals surface area (Å²) < 4.78 is 0. The number of hydrogen-bond donors (Lipinski definition) is 1. The number of rotatable bonds is 4. The number of aromatic nitrogens is 1. The molecular weight excluding hydrogens is 274 g/mol. The van der Waals surface area contributed by atoms with Gasteiger partial charge in [0.2, 0.25) is 0 Å². The maximum atomic E-state index is 10.9. The lowest BCUT2D eigenvalue weighted by atomic mass is 10.1. The summed E-state index contributed by atoms with van der Waals surface area (Å²) in [4.78, 5) is 15.2. The molecule has 0 fully saturated rings. The molecule has 0 aliphatic heterocycles. The van der Waals surface area contributed by atoms with E-state index in [1.807, 2.05) is 49.4 Å². The number of aliphatic carboxylic acids is 1. The van der Waals surface area contributed by atoms with Crippen molar-refractivity contribution < 1.29 is 9.90 Å². The number of carboxylic acid groups (broad SMARTS) is 1. The molecule has 0 aliphatic rings. The van der Waals surface area contributed by atoms with Crippen LogP contribution in [0.2, 0.25) is 5.02 Å². The zero-order chi connectivity index (χ0) is 14.5. The van der Waals surface area contributed by atoms with E-state index >= 15 is 0 Å². The quantitative estimate of drug-likeness (QED) is 0.929. The number of hydrogen-bond acceptors (Lipinski definition) is 2. The Kier molecular flexibility index (Phi) is 4.53. The summed E-state index contributed by atoms with van der Waals surface area (Å²) in [6.45, 7) is 1.88. The van der Waals surface area contributed by atoms with Crippen molar-refractivity contribution in [3.63, 3.8) is 0 Å². The summed E-state index contributed by atoms with van der Waals surface area (Å²) in [6, 6.07) is 11.0. The van der Waals surface area contributed by atoms with Gasteiger partial charge in [0.25, 0.3) is 0 Å². The molecule has 0 atom stereocenters. The Morgan fingerprint density at radius 3 is 2.55 bits per heavy atom. The molecule has 4 heteroatoms. The van der Waals surface area contributed by atoms with Gasteiger partial charge < -0.3 is 5.11 Å². The molecule has 1 heterocycles. The first-order chi connectivity index (χ1) is 9.54. The van der Waals surface area contributed by atoms with E-state index in [0.717, 1.165) is 11.3 Å². The van der Waals surface area contributed by atoms with Crippen LogP contribution in [0.4, 0.5) is 0 Å². The Labute approximate surface area is 122 Å². The van der Waals surface area contributed by atoms with Gasteiger partial charge >= 0.3 is 5.97 Å². The molecule has 0 saturated carbocycles. The predicted molar refractivity (Wildman–Crippen MR) is 80.7 cm³/mol. The summed E-state index contributed by atoms with van der Waals surface area (Å²) in [5.41, 5.74) is 3.23. The monoisotopic (exact) mass is 287 g/mol. The summed E-state index contributed by atoms with van der Waals surface area (Å²) in [7, 11) is 0. The molecule has 0 radical (unpaired) electrons. The van der Waals surface area contributed by atoms with Crippen LogP contribution in [0.1, 0.15) is 22.5 Å². The predicted octanol–water partition coefficient (Wildman–Crippen LogP) is 3.84. The Morgan fingerprint density at radius 2 is 1.90 bits per heavy atom. The Morgan fingerprint density at radius 1 is 1.20 bits per heavy atom.